The maximum absolute atomic E-state index is 6.39. The topological polar surface area (TPSA) is 15.3 Å². The van der Waals surface area contributed by atoms with Crippen molar-refractivity contribution in [2.75, 3.05) is 24.5 Å². The van der Waals surface area contributed by atoms with Crippen molar-refractivity contribution in [1.29, 1.82) is 0 Å². The summed E-state index contributed by atoms with van der Waals surface area (Å²) in [7, 11) is 0. The smallest absolute Gasteiger partial charge is 0.0471 e. The predicted octanol–water partition coefficient (Wildman–Crippen LogP) is 4.22. The first-order chi connectivity index (χ1) is 9.31. The molecule has 1 saturated heterocycles. The lowest BCUT2D eigenvalue weighted by Crippen LogP contribution is -2.27. The van der Waals surface area contributed by atoms with Gasteiger partial charge in [-0.1, -0.05) is 43.9 Å². The highest BCUT2D eigenvalue weighted by atomic mass is 35.5. The molecule has 0 unspecified atom stereocenters. The second kappa shape index (κ2) is 7.76. The molecule has 3 heteroatoms. The quantitative estimate of drug-likeness (QED) is 0.888. The number of nitrogens with one attached hydrogen (secondary N) is 1. The standard InChI is InChI=1S/C16H25ClN2/c1-2-18-13-14-8-9-15(12-16(14)17)19-10-6-4-3-5-7-11-19/h8-9,12,18H,2-7,10-11,13H2,1H3. The Hall–Kier alpha value is -0.730. The Kier molecular flexibility index (Phi) is 5.99. The van der Waals surface area contributed by atoms with Crippen molar-refractivity contribution in [3.8, 4) is 0 Å². The minimum absolute atomic E-state index is 0.857. The van der Waals surface area contributed by atoms with Crippen LogP contribution in [0.1, 0.15) is 44.6 Å². The van der Waals surface area contributed by atoms with Crippen LogP contribution in [0.3, 0.4) is 0 Å². The van der Waals surface area contributed by atoms with E-state index in [4.69, 9.17) is 11.6 Å². The number of nitrogens with zero attached hydrogens (tertiary/aromatic N) is 1. The molecule has 1 aliphatic heterocycles. The monoisotopic (exact) mass is 280 g/mol. The normalized spacial score (nSPS) is 17.1. The Balaban J connectivity index is 2.04. The van der Waals surface area contributed by atoms with Crippen LogP contribution in [0, 0.1) is 0 Å². The molecule has 2 rings (SSSR count). The van der Waals surface area contributed by atoms with Crippen LogP contribution in [0.25, 0.3) is 0 Å². The molecule has 0 aliphatic carbocycles. The second-order valence-corrected chi connectivity index (χ2v) is 5.72. The van der Waals surface area contributed by atoms with E-state index in [-0.39, 0.29) is 0 Å². The minimum atomic E-state index is 0.857. The van der Waals surface area contributed by atoms with Gasteiger partial charge < -0.3 is 10.2 Å². The molecule has 0 radical (unpaired) electrons. The molecule has 106 valence electrons. The van der Waals surface area contributed by atoms with Crippen molar-refractivity contribution in [3.63, 3.8) is 0 Å². The summed E-state index contributed by atoms with van der Waals surface area (Å²) in [4.78, 5) is 2.49. The maximum Gasteiger partial charge on any atom is 0.0471 e. The van der Waals surface area contributed by atoms with Gasteiger partial charge in [-0.3, -0.25) is 0 Å². The summed E-state index contributed by atoms with van der Waals surface area (Å²) >= 11 is 6.39. The van der Waals surface area contributed by atoms with Gasteiger partial charge in [0.05, 0.1) is 0 Å². The molecule has 1 fully saturated rings. The minimum Gasteiger partial charge on any atom is -0.371 e. The third-order valence-corrected chi connectivity index (χ3v) is 4.18. The molecule has 0 aromatic heterocycles. The van der Waals surface area contributed by atoms with Crippen LogP contribution in [0.15, 0.2) is 18.2 Å². The molecule has 0 bridgehead atoms. The van der Waals surface area contributed by atoms with Gasteiger partial charge in [0, 0.05) is 30.3 Å². The zero-order valence-corrected chi connectivity index (χ0v) is 12.7. The Morgan fingerprint density at radius 2 is 1.79 bits per heavy atom. The van der Waals surface area contributed by atoms with Crippen LogP contribution in [0.4, 0.5) is 5.69 Å². The van der Waals surface area contributed by atoms with Gasteiger partial charge in [0.25, 0.3) is 0 Å². The van der Waals surface area contributed by atoms with Gasteiger partial charge in [0.15, 0.2) is 0 Å². The average molecular weight is 281 g/mol. The van der Waals surface area contributed by atoms with E-state index in [2.05, 4.69) is 35.3 Å². The van der Waals surface area contributed by atoms with E-state index < -0.39 is 0 Å². The van der Waals surface area contributed by atoms with Gasteiger partial charge >= 0.3 is 0 Å². The fourth-order valence-corrected chi connectivity index (χ4v) is 2.88. The Bertz CT molecular complexity index is 384. The zero-order chi connectivity index (χ0) is 13.5. The van der Waals surface area contributed by atoms with Crippen LogP contribution in [0.2, 0.25) is 5.02 Å². The van der Waals surface area contributed by atoms with E-state index in [1.807, 2.05) is 0 Å². The number of hydrogen-bond donors (Lipinski definition) is 1. The molecule has 0 atom stereocenters. The molecule has 1 aromatic rings. The predicted molar refractivity (Wildman–Crippen MR) is 84.1 cm³/mol. The van der Waals surface area contributed by atoms with Crippen LogP contribution >= 0.6 is 11.6 Å². The van der Waals surface area contributed by atoms with Crippen molar-refractivity contribution in [2.45, 2.75) is 45.6 Å². The van der Waals surface area contributed by atoms with Crippen LogP contribution in [0.5, 0.6) is 0 Å². The number of anilines is 1. The fraction of sp³-hybridized carbons (Fsp3) is 0.625. The molecule has 19 heavy (non-hydrogen) atoms. The summed E-state index contributed by atoms with van der Waals surface area (Å²) in [6.45, 7) is 6.29. The molecule has 0 saturated carbocycles. The summed E-state index contributed by atoms with van der Waals surface area (Å²) in [5, 5.41) is 4.21. The first-order valence-corrected chi connectivity index (χ1v) is 7.93. The molecule has 2 nitrogen and oxygen atoms in total. The zero-order valence-electron chi connectivity index (χ0n) is 11.9. The van der Waals surface area contributed by atoms with Crippen molar-refractivity contribution in [1.82, 2.24) is 5.32 Å². The Morgan fingerprint density at radius 1 is 1.11 bits per heavy atom. The summed E-state index contributed by atoms with van der Waals surface area (Å²) in [6.07, 6.45) is 6.73. The number of halogens is 1. The lowest BCUT2D eigenvalue weighted by atomic mass is 10.1. The van der Waals surface area contributed by atoms with Crippen LogP contribution in [-0.2, 0) is 6.54 Å². The van der Waals surface area contributed by atoms with Gasteiger partial charge in [0.2, 0.25) is 0 Å². The summed E-state index contributed by atoms with van der Waals surface area (Å²) in [5.41, 5.74) is 2.48. The van der Waals surface area contributed by atoms with Gasteiger partial charge in [-0.25, -0.2) is 0 Å². The SMILES string of the molecule is CCNCc1ccc(N2CCCCCCC2)cc1Cl. The van der Waals surface area contributed by atoms with Gasteiger partial charge in [-0.05, 0) is 37.1 Å². The molecule has 0 spiro atoms. The van der Waals surface area contributed by atoms with Crippen molar-refractivity contribution < 1.29 is 0 Å². The second-order valence-electron chi connectivity index (χ2n) is 5.31. The summed E-state index contributed by atoms with van der Waals surface area (Å²) < 4.78 is 0. The fourth-order valence-electron chi connectivity index (χ4n) is 2.64. The van der Waals surface area contributed by atoms with Crippen LogP contribution in [-0.4, -0.2) is 19.6 Å². The molecule has 1 N–H and O–H groups in total. The summed E-state index contributed by atoms with van der Waals surface area (Å²) in [6, 6.07) is 6.52. The highest BCUT2D eigenvalue weighted by molar-refractivity contribution is 6.31. The van der Waals surface area contributed by atoms with E-state index in [1.54, 1.807) is 0 Å². The molecule has 0 amide bonds. The third-order valence-electron chi connectivity index (χ3n) is 3.82. The van der Waals surface area contributed by atoms with Crippen molar-refractivity contribution in [2.24, 2.45) is 0 Å². The first kappa shape index (κ1) is 14.7. The third kappa shape index (κ3) is 4.39. The first-order valence-electron chi connectivity index (χ1n) is 7.55. The molecular weight excluding hydrogens is 256 g/mol. The van der Waals surface area contributed by atoms with Gasteiger partial charge in [-0.2, -0.15) is 0 Å². The molecular formula is C16H25ClN2. The average Bonchev–Trinajstić information content (AvgIpc) is 2.37. The van der Waals surface area contributed by atoms with Gasteiger partial charge in [-0.15, -0.1) is 0 Å². The summed E-state index contributed by atoms with van der Waals surface area (Å²) in [5.74, 6) is 0. The van der Waals surface area contributed by atoms with E-state index in [9.17, 15) is 0 Å². The lowest BCUT2D eigenvalue weighted by Gasteiger charge is -2.27. The molecule has 1 aliphatic rings. The van der Waals surface area contributed by atoms with E-state index in [1.165, 1.54) is 56.4 Å². The Labute approximate surface area is 122 Å². The lowest BCUT2D eigenvalue weighted by molar-refractivity contribution is 0.556. The molecule has 1 aromatic carbocycles. The van der Waals surface area contributed by atoms with Crippen LogP contribution < -0.4 is 10.2 Å². The van der Waals surface area contributed by atoms with Crippen molar-refractivity contribution in [3.05, 3.63) is 28.8 Å². The van der Waals surface area contributed by atoms with Crippen molar-refractivity contribution >= 4 is 17.3 Å². The highest BCUT2D eigenvalue weighted by Crippen LogP contribution is 2.25. The largest absolute Gasteiger partial charge is 0.371 e. The highest BCUT2D eigenvalue weighted by Gasteiger charge is 2.10. The number of benzene rings is 1. The molecule has 1 heterocycles. The van der Waals surface area contributed by atoms with E-state index >= 15 is 0 Å². The number of rotatable bonds is 4. The van der Waals surface area contributed by atoms with Gasteiger partial charge in [0.1, 0.15) is 0 Å². The maximum atomic E-state index is 6.39. The van der Waals surface area contributed by atoms with E-state index in [0.29, 0.717) is 0 Å². The van der Waals surface area contributed by atoms with E-state index in [0.717, 1.165) is 18.1 Å². The number of hydrogen-bond acceptors (Lipinski definition) is 2. The Morgan fingerprint density at radius 3 is 2.42 bits per heavy atom.